The number of anilines is 1. The molecule has 0 aliphatic rings. The Kier molecular flexibility index (Phi) is 4.42. The van der Waals surface area contributed by atoms with Gasteiger partial charge in [0.1, 0.15) is 23.6 Å². The molecule has 0 aliphatic heterocycles. The molecule has 0 aliphatic carbocycles. The summed E-state index contributed by atoms with van der Waals surface area (Å²) in [7, 11) is 0. The zero-order valence-electron chi connectivity index (χ0n) is 11.5. The van der Waals surface area contributed by atoms with Gasteiger partial charge in [-0.25, -0.2) is 0 Å². The van der Waals surface area contributed by atoms with Crippen LogP contribution in [0.15, 0.2) is 48.5 Å². The van der Waals surface area contributed by atoms with E-state index in [1.165, 1.54) is 0 Å². The normalized spacial score (nSPS) is 11.2. The van der Waals surface area contributed by atoms with Crippen molar-refractivity contribution in [2.75, 3.05) is 5.32 Å². The van der Waals surface area contributed by atoms with Crippen molar-refractivity contribution in [2.45, 2.75) is 13.0 Å². The summed E-state index contributed by atoms with van der Waals surface area (Å²) in [4.78, 5) is 11.0. The van der Waals surface area contributed by atoms with E-state index in [0.29, 0.717) is 17.1 Å². The zero-order valence-corrected chi connectivity index (χ0v) is 11.5. The summed E-state index contributed by atoms with van der Waals surface area (Å²) < 4.78 is 5.67. The van der Waals surface area contributed by atoms with Crippen molar-refractivity contribution >= 4 is 11.6 Å². The molecule has 106 valence electrons. The minimum atomic E-state index is -0.448. The lowest BCUT2D eigenvalue weighted by Gasteiger charge is -2.12. The van der Waals surface area contributed by atoms with Crippen molar-refractivity contribution in [1.82, 2.24) is 0 Å². The quantitative estimate of drug-likeness (QED) is 0.881. The van der Waals surface area contributed by atoms with Gasteiger partial charge in [0.15, 0.2) is 0 Å². The molecule has 1 atom stereocenters. The van der Waals surface area contributed by atoms with Gasteiger partial charge in [0, 0.05) is 5.69 Å². The van der Waals surface area contributed by atoms with Crippen molar-refractivity contribution in [2.24, 2.45) is 5.73 Å². The molecule has 2 rings (SSSR count). The monoisotopic (exact) mass is 281 g/mol. The molecule has 21 heavy (non-hydrogen) atoms. The average molecular weight is 281 g/mol. The summed E-state index contributed by atoms with van der Waals surface area (Å²) >= 11 is 0. The minimum absolute atomic E-state index is 0.418. The number of carbonyl (C=O) groups excluding carboxylic acids is 1. The second-order valence-electron chi connectivity index (χ2n) is 4.50. The van der Waals surface area contributed by atoms with Crippen molar-refractivity contribution in [3.8, 4) is 17.6 Å². The molecule has 0 fully saturated rings. The molecule has 1 unspecified atom stereocenters. The Morgan fingerprint density at radius 2 is 1.90 bits per heavy atom. The van der Waals surface area contributed by atoms with Gasteiger partial charge in [0.05, 0.1) is 5.56 Å². The van der Waals surface area contributed by atoms with E-state index in [1.54, 1.807) is 55.5 Å². The maximum Gasteiger partial charge on any atom is 0.239 e. The largest absolute Gasteiger partial charge is 0.456 e. The second-order valence-corrected chi connectivity index (χ2v) is 4.50. The number of primary amides is 1. The molecule has 5 heteroatoms. The van der Waals surface area contributed by atoms with Crippen LogP contribution < -0.4 is 15.8 Å². The fourth-order valence-corrected chi connectivity index (χ4v) is 1.72. The van der Waals surface area contributed by atoms with Crippen LogP contribution in [0, 0.1) is 11.3 Å². The van der Waals surface area contributed by atoms with Crippen molar-refractivity contribution in [3.63, 3.8) is 0 Å². The number of ether oxygens (including phenoxy) is 1. The van der Waals surface area contributed by atoms with Crippen LogP contribution in [-0.2, 0) is 4.79 Å². The Morgan fingerprint density at radius 3 is 2.52 bits per heavy atom. The predicted octanol–water partition coefficient (Wildman–Crippen LogP) is 2.64. The molecule has 0 radical (unpaired) electrons. The standard InChI is InChI=1S/C16H15N3O2/c1-11(16(18)20)19-13-6-8-14(9-7-13)21-15-5-3-2-4-12(15)10-17/h2-9,11,19H,1H3,(H2,18,20). The Morgan fingerprint density at radius 1 is 1.24 bits per heavy atom. The fourth-order valence-electron chi connectivity index (χ4n) is 1.72. The Labute approximate surface area is 123 Å². The number of benzene rings is 2. The molecule has 0 spiro atoms. The van der Waals surface area contributed by atoms with Gasteiger partial charge >= 0.3 is 0 Å². The summed E-state index contributed by atoms with van der Waals surface area (Å²) in [6.07, 6.45) is 0. The second kappa shape index (κ2) is 6.44. The van der Waals surface area contributed by atoms with E-state index in [1.807, 2.05) is 0 Å². The number of nitrogens with two attached hydrogens (primary N) is 1. The van der Waals surface area contributed by atoms with Crippen LogP contribution >= 0.6 is 0 Å². The summed E-state index contributed by atoms with van der Waals surface area (Å²) in [5.74, 6) is 0.694. The Hall–Kier alpha value is -3.00. The number of nitrogens with one attached hydrogen (secondary N) is 1. The molecule has 0 saturated carbocycles. The minimum Gasteiger partial charge on any atom is -0.456 e. The summed E-state index contributed by atoms with van der Waals surface area (Å²) in [6.45, 7) is 1.69. The lowest BCUT2D eigenvalue weighted by molar-refractivity contribution is -0.118. The Balaban J connectivity index is 2.09. The summed E-state index contributed by atoms with van der Waals surface area (Å²) in [5.41, 5.74) is 6.43. The van der Waals surface area contributed by atoms with Gasteiger partial charge in [-0.15, -0.1) is 0 Å². The van der Waals surface area contributed by atoms with Gasteiger partial charge in [-0.05, 0) is 43.3 Å². The van der Waals surface area contributed by atoms with E-state index in [0.717, 1.165) is 5.69 Å². The van der Waals surface area contributed by atoms with E-state index in [4.69, 9.17) is 15.7 Å². The number of amides is 1. The fraction of sp³-hybridized carbons (Fsp3) is 0.125. The predicted molar refractivity (Wildman–Crippen MR) is 80.0 cm³/mol. The first-order valence-corrected chi connectivity index (χ1v) is 6.43. The summed E-state index contributed by atoms with van der Waals surface area (Å²) in [6, 6.07) is 15.7. The molecule has 2 aromatic rings. The van der Waals surface area contributed by atoms with Gasteiger partial charge in [-0.3, -0.25) is 4.79 Å². The number of hydrogen-bond acceptors (Lipinski definition) is 4. The maximum atomic E-state index is 11.0. The molecule has 1 amide bonds. The van der Waals surface area contributed by atoms with E-state index in [2.05, 4.69) is 11.4 Å². The van der Waals surface area contributed by atoms with Crippen LogP contribution in [0.1, 0.15) is 12.5 Å². The van der Waals surface area contributed by atoms with Crippen LogP contribution in [-0.4, -0.2) is 11.9 Å². The smallest absolute Gasteiger partial charge is 0.239 e. The molecule has 0 aromatic heterocycles. The SMILES string of the molecule is CC(Nc1ccc(Oc2ccccc2C#N)cc1)C(N)=O. The molecular weight excluding hydrogens is 266 g/mol. The number of carbonyl (C=O) groups is 1. The van der Waals surface area contributed by atoms with E-state index >= 15 is 0 Å². The van der Waals surface area contributed by atoms with Gasteiger partial charge in [0.25, 0.3) is 0 Å². The van der Waals surface area contributed by atoms with Crippen LogP contribution in [0.5, 0.6) is 11.5 Å². The molecule has 0 bridgehead atoms. The first-order chi connectivity index (χ1) is 10.1. The molecular formula is C16H15N3O2. The first kappa shape index (κ1) is 14.4. The molecule has 0 heterocycles. The van der Waals surface area contributed by atoms with Gasteiger partial charge < -0.3 is 15.8 Å². The third kappa shape index (κ3) is 3.74. The third-order valence-electron chi connectivity index (χ3n) is 2.90. The van der Waals surface area contributed by atoms with Crippen LogP contribution in [0.2, 0.25) is 0 Å². The highest BCUT2D eigenvalue weighted by Gasteiger charge is 2.08. The highest BCUT2D eigenvalue weighted by Crippen LogP contribution is 2.25. The number of para-hydroxylation sites is 1. The lowest BCUT2D eigenvalue weighted by atomic mass is 10.2. The number of nitrogens with zero attached hydrogens (tertiary/aromatic N) is 1. The van der Waals surface area contributed by atoms with Gasteiger partial charge in [-0.1, -0.05) is 12.1 Å². The van der Waals surface area contributed by atoms with Crippen LogP contribution in [0.25, 0.3) is 0 Å². The van der Waals surface area contributed by atoms with Crippen LogP contribution in [0.4, 0.5) is 5.69 Å². The molecule has 2 aromatic carbocycles. The molecule has 0 saturated heterocycles. The number of rotatable bonds is 5. The summed E-state index contributed by atoms with van der Waals surface area (Å²) in [5, 5.41) is 12.0. The highest BCUT2D eigenvalue weighted by molar-refractivity contribution is 5.82. The lowest BCUT2D eigenvalue weighted by Crippen LogP contribution is -2.32. The first-order valence-electron chi connectivity index (χ1n) is 6.43. The maximum absolute atomic E-state index is 11.0. The van der Waals surface area contributed by atoms with Gasteiger partial charge in [-0.2, -0.15) is 5.26 Å². The topological polar surface area (TPSA) is 88.1 Å². The number of nitriles is 1. The van der Waals surface area contributed by atoms with E-state index in [9.17, 15) is 4.79 Å². The van der Waals surface area contributed by atoms with E-state index < -0.39 is 11.9 Å². The van der Waals surface area contributed by atoms with Crippen LogP contribution in [0.3, 0.4) is 0 Å². The van der Waals surface area contributed by atoms with Crippen molar-refractivity contribution in [3.05, 3.63) is 54.1 Å². The highest BCUT2D eigenvalue weighted by atomic mass is 16.5. The molecule has 3 N–H and O–H groups in total. The Bertz CT molecular complexity index is 675. The third-order valence-corrected chi connectivity index (χ3v) is 2.90. The molecule has 5 nitrogen and oxygen atoms in total. The average Bonchev–Trinajstić information content (AvgIpc) is 2.49. The van der Waals surface area contributed by atoms with E-state index in [-0.39, 0.29) is 0 Å². The zero-order chi connectivity index (χ0) is 15.2. The number of hydrogen-bond donors (Lipinski definition) is 2. The van der Waals surface area contributed by atoms with Gasteiger partial charge in [0.2, 0.25) is 5.91 Å². The van der Waals surface area contributed by atoms with Crippen molar-refractivity contribution in [1.29, 1.82) is 5.26 Å². The van der Waals surface area contributed by atoms with Crippen molar-refractivity contribution < 1.29 is 9.53 Å².